The van der Waals surface area contributed by atoms with Gasteiger partial charge in [0.2, 0.25) is 10.0 Å². The van der Waals surface area contributed by atoms with E-state index in [1.165, 1.54) is 40.8 Å². The molecule has 4 rings (SSSR count). The monoisotopic (exact) mass is 567 g/mol. The molecule has 1 aliphatic rings. The fraction of sp³-hybridized carbons (Fsp3) is 0.276. The average Bonchev–Trinajstić information content (AvgIpc) is 3.18. The maximum Gasteiger partial charge on any atom is 0.250 e. The van der Waals surface area contributed by atoms with E-state index in [9.17, 15) is 21.6 Å². The van der Waals surface area contributed by atoms with Gasteiger partial charge in [-0.3, -0.25) is 9.69 Å². The number of hydrogen-bond acceptors (Lipinski definition) is 6. The first-order chi connectivity index (χ1) is 18.5. The molecule has 39 heavy (non-hydrogen) atoms. The number of hydrogen-bond donors (Lipinski definition) is 0. The van der Waals surface area contributed by atoms with Crippen LogP contribution in [0.4, 0.5) is 5.69 Å². The molecule has 1 aliphatic heterocycles. The van der Waals surface area contributed by atoms with Gasteiger partial charge in [0.25, 0.3) is 5.91 Å². The maximum absolute atomic E-state index is 13.3. The Balaban J connectivity index is 1.37. The first kappa shape index (κ1) is 28.7. The summed E-state index contributed by atoms with van der Waals surface area (Å²) in [6.07, 6.45) is 4.88. The first-order valence-corrected chi connectivity index (χ1v) is 16.0. The van der Waals surface area contributed by atoms with Crippen molar-refractivity contribution >= 4 is 37.5 Å². The maximum atomic E-state index is 13.3. The fourth-order valence-corrected chi connectivity index (χ4v) is 6.51. The Bertz CT molecular complexity index is 1520. The molecule has 0 aliphatic carbocycles. The van der Waals surface area contributed by atoms with E-state index in [0.717, 1.165) is 25.8 Å². The van der Waals surface area contributed by atoms with Crippen LogP contribution in [0.3, 0.4) is 0 Å². The molecular formula is C29H33N3O5S2. The van der Waals surface area contributed by atoms with Crippen LogP contribution < -0.4 is 4.90 Å². The fourth-order valence-electron chi connectivity index (χ4n) is 4.41. The molecular weight excluding hydrogens is 534 g/mol. The van der Waals surface area contributed by atoms with Crippen LogP contribution in [-0.2, 0) is 31.2 Å². The van der Waals surface area contributed by atoms with Crippen molar-refractivity contribution in [3.05, 3.63) is 96.1 Å². The molecule has 0 saturated carbocycles. The smallest absolute Gasteiger partial charge is 0.250 e. The van der Waals surface area contributed by atoms with Crippen molar-refractivity contribution in [3.63, 3.8) is 0 Å². The number of amides is 1. The van der Waals surface area contributed by atoms with Crippen LogP contribution >= 0.6 is 0 Å². The number of rotatable bonds is 8. The molecule has 0 spiro atoms. The summed E-state index contributed by atoms with van der Waals surface area (Å²) in [4.78, 5) is 16.8. The second-order valence-corrected chi connectivity index (χ2v) is 13.5. The highest BCUT2D eigenvalue weighted by Gasteiger charge is 2.27. The molecule has 0 N–H and O–H groups in total. The van der Waals surface area contributed by atoms with Gasteiger partial charge in [-0.2, -0.15) is 4.31 Å². The van der Waals surface area contributed by atoms with Crippen LogP contribution in [0.5, 0.6) is 0 Å². The van der Waals surface area contributed by atoms with Gasteiger partial charge in [-0.15, -0.1) is 0 Å². The van der Waals surface area contributed by atoms with Gasteiger partial charge < -0.3 is 4.90 Å². The Labute approximate surface area is 231 Å². The standard InChI is InChI=1S/C29H33N3O5S2/c1-30(29(33)18-11-24-9-14-27(15-10-24)38(2,34)35)26-12-16-28(17-13-26)39(36,37)32-20-6-19-31(21-22-32)23-25-7-4-3-5-8-25/h3-5,7-18H,6,19-23H2,1-2H3. The van der Waals surface area contributed by atoms with Crippen molar-refractivity contribution < 1.29 is 21.6 Å². The molecule has 0 atom stereocenters. The van der Waals surface area contributed by atoms with Gasteiger partial charge in [-0.25, -0.2) is 16.8 Å². The quantitative estimate of drug-likeness (QED) is 0.386. The van der Waals surface area contributed by atoms with Crippen molar-refractivity contribution in [1.29, 1.82) is 0 Å². The molecule has 206 valence electrons. The predicted octanol–water partition coefficient (Wildman–Crippen LogP) is 3.66. The van der Waals surface area contributed by atoms with Crippen LogP contribution in [0.25, 0.3) is 6.08 Å². The van der Waals surface area contributed by atoms with Crippen LogP contribution in [0.15, 0.2) is 94.7 Å². The van der Waals surface area contributed by atoms with Crippen LogP contribution in [0.1, 0.15) is 17.5 Å². The summed E-state index contributed by atoms with van der Waals surface area (Å²) in [6, 6.07) is 22.7. The molecule has 1 saturated heterocycles. The number of benzene rings is 3. The molecule has 8 nitrogen and oxygen atoms in total. The number of nitrogens with zero attached hydrogens (tertiary/aromatic N) is 3. The van der Waals surface area contributed by atoms with E-state index in [-0.39, 0.29) is 15.7 Å². The van der Waals surface area contributed by atoms with E-state index >= 15 is 0 Å². The molecule has 0 unspecified atom stereocenters. The third-order valence-corrected chi connectivity index (χ3v) is 9.76. The van der Waals surface area contributed by atoms with Crippen molar-refractivity contribution in [2.75, 3.05) is 44.4 Å². The van der Waals surface area contributed by atoms with Gasteiger partial charge in [0.1, 0.15) is 0 Å². The predicted molar refractivity (Wildman–Crippen MR) is 154 cm³/mol. The van der Waals surface area contributed by atoms with Gasteiger partial charge >= 0.3 is 0 Å². The normalized spacial score (nSPS) is 15.7. The summed E-state index contributed by atoms with van der Waals surface area (Å²) in [7, 11) is -5.33. The van der Waals surface area contributed by atoms with E-state index in [2.05, 4.69) is 17.0 Å². The third kappa shape index (κ3) is 7.42. The number of carbonyl (C=O) groups excluding carboxylic acids is 1. The summed E-state index contributed by atoms with van der Waals surface area (Å²) in [6.45, 7) is 3.17. The third-order valence-electron chi connectivity index (χ3n) is 6.72. The lowest BCUT2D eigenvalue weighted by Crippen LogP contribution is -2.35. The van der Waals surface area contributed by atoms with Crippen LogP contribution in [0.2, 0.25) is 0 Å². The molecule has 1 fully saturated rings. The highest BCUT2D eigenvalue weighted by molar-refractivity contribution is 7.90. The SMILES string of the molecule is CN(C(=O)C=Cc1ccc(S(C)(=O)=O)cc1)c1ccc(S(=O)(=O)N2CCCN(Cc3ccccc3)CC2)cc1. The molecule has 0 aromatic heterocycles. The summed E-state index contributed by atoms with van der Waals surface area (Å²) >= 11 is 0. The summed E-state index contributed by atoms with van der Waals surface area (Å²) in [5.41, 5.74) is 2.45. The van der Waals surface area contributed by atoms with Crippen LogP contribution in [0, 0.1) is 0 Å². The molecule has 3 aromatic carbocycles. The second-order valence-electron chi connectivity index (χ2n) is 9.59. The minimum absolute atomic E-state index is 0.199. The minimum atomic E-state index is -3.66. The summed E-state index contributed by atoms with van der Waals surface area (Å²) in [5.74, 6) is -0.302. The largest absolute Gasteiger partial charge is 0.312 e. The van der Waals surface area contributed by atoms with Crippen LogP contribution in [-0.4, -0.2) is 71.4 Å². The van der Waals surface area contributed by atoms with Gasteiger partial charge in [0.15, 0.2) is 9.84 Å². The van der Waals surface area contributed by atoms with Gasteiger partial charge in [-0.1, -0.05) is 42.5 Å². The Morgan fingerprint density at radius 2 is 1.46 bits per heavy atom. The van der Waals surface area contributed by atoms with E-state index in [0.29, 0.717) is 30.9 Å². The lowest BCUT2D eigenvalue weighted by atomic mass is 10.2. The topological polar surface area (TPSA) is 95.1 Å². The molecule has 1 amide bonds. The van der Waals surface area contributed by atoms with Crippen molar-refractivity contribution in [2.24, 2.45) is 0 Å². The lowest BCUT2D eigenvalue weighted by Gasteiger charge is -2.22. The second kappa shape index (κ2) is 12.3. The average molecular weight is 568 g/mol. The number of anilines is 1. The van der Waals surface area contributed by atoms with Gasteiger partial charge in [0, 0.05) is 51.2 Å². The molecule has 3 aromatic rings. The number of sulfone groups is 1. The van der Waals surface area contributed by atoms with Crippen molar-refractivity contribution in [1.82, 2.24) is 9.21 Å². The van der Waals surface area contributed by atoms with E-state index in [1.807, 2.05) is 18.2 Å². The molecule has 10 heteroatoms. The zero-order valence-electron chi connectivity index (χ0n) is 22.1. The molecule has 0 radical (unpaired) electrons. The number of sulfonamides is 1. The van der Waals surface area contributed by atoms with Crippen molar-refractivity contribution in [2.45, 2.75) is 22.8 Å². The van der Waals surface area contributed by atoms with E-state index in [4.69, 9.17) is 0 Å². The zero-order chi connectivity index (χ0) is 28.0. The highest BCUT2D eigenvalue weighted by atomic mass is 32.2. The number of carbonyl (C=O) groups is 1. The summed E-state index contributed by atoms with van der Waals surface area (Å²) < 4.78 is 51.4. The number of likely N-dealkylation sites (N-methyl/N-ethyl adjacent to an activating group) is 1. The van der Waals surface area contributed by atoms with E-state index < -0.39 is 19.9 Å². The van der Waals surface area contributed by atoms with Crippen molar-refractivity contribution in [3.8, 4) is 0 Å². The minimum Gasteiger partial charge on any atom is -0.312 e. The Morgan fingerprint density at radius 3 is 2.10 bits per heavy atom. The Morgan fingerprint density at radius 1 is 0.821 bits per heavy atom. The highest BCUT2D eigenvalue weighted by Crippen LogP contribution is 2.22. The van der Waals surface area contributed by atoms with E-state index in [1.54, 1.807) is 41.7 Å². The molecule has 1 heterocycles. The Kier molecular flexibility index (Phi) is 9.01. The van der Waals surface area contributed by atoms with Gasteiger partial charge in [-0.05, 0) is 66.6 Å². The van der Waals surface area contributed by atoms with Gasteiger partial charge in [0.05, 0.1) is 9.79 Å². The first-order valence-electron chi connectivity index (χ1n) is 12.7. The lowest BCUT2D eigenvalue weighted by molar-refractivity contribution is -0.113. The molecule has 0 bridgehead atoms. The summed E-state index contributed by atoms with van der Waals surface area (Å²) in [5, 5.41) is 0. The zero-order valence-corrected chi connectivity index (χ0v) is 23.7. The Hall–Kier alpha value is -3.31.